The lowest BCUT2D eigenvalue weighted by Gasteiger charge is -1.88. The smallest absolute Gasteiger partial charge is 0.0805 e. The van der Waals surface area contributed by atoms with Gasteiger partial charge in [0, 0.05) is 0 Å². The zero-order chi connectivity index (χ0) is 6.55. The Morgan fingerprint density at radius 3 is 3.30 bits per heavy atom. The van der Waals surface area contributed by atoms with Gasteiger partial charge in [-0.1, -0.05) is 12.2 Å². The van der Waals surface area contributed by atoms with Gasteiger partial charge in [0.1, 0.15) is 0 Å². The van der Waals surface area contributed by atoms with Crippen molar-refractivity contribution in [1.29, 1.82) is 0 Å². The van der Waals surface area contributed by atoms with Gasteiger partial charge in [0.25, 0.3) is 0 Å². The summed E-state index contributed by atoms with van der Waals surface area (Å²) in [5, 5.41) is 1.23. The van der Waals surface area contributed by atoms with E-state index in [-0.39, 0.29) is 0 Å². The fourth-order valence-electron chi connectivity index (χ4n) is 1.53. The molecule has 1 aromatic rings. The number of aromatic nitrogens is 1. The third kappa shape index (κ3) is 0.548. The van der Waals surface area contributed by atoms with Crippen molar-refractivity contribution < 1.29 is 0 Å². The van der Waals surface area contributed by atoms with Crippen molar-refractivity contribution in [3.63, 3.8) is 0 Å². The van der Waals surface area contributed by atoms with Crippen LogP contribution in [0.2, 0.25) is 0 Å². The van der Waals surface area contributed by atoms with E-state index in [0.717, 1.165) is 11.8 Å². The topological polar surface area (TPSA) is 12.9 Å². The Kier molecular flexibility index (Phi) is 0.765. The van der Waals surface area contributed by atoms with E-state index in [0.29, 0.717) is 0 Å². The van der Waals surface area contributed by atoms with Gasteiger partial charge in [-0.25, -0.2) is 4.98 Å². The summed E-state index contributed by atoms with van der Waals surface area (Å²) in [6.07, 6.45) is 6.05. The maximum Gasteiger partial charge on any atom is 0.0805 e. The Labute approximate surface area is 62.7 Å². The van der Waals surface area contributed by atoms with Gasteiger partial charge in [0.15, 0.2) is 0 Å². The summed E-state index contributed by atoms with van der Waals surface area (Å²) >= 11 is 1.76. The monoisotopic (exact) mass is 149 g/mol. The quantitative estimate of drug-likeness (QED) is 0.519. The van der Waals surface area contributed by atoms with E-state index in [9.17, 15) is 0 Å². The molecule has 1 saturated carbocycles. The summed E-state index contributed by atoms with van der Waals surface area (Å²) in [6, 6.07) is 0. The Bertz CT molecular complexity index is 342. The molecule has 0 aromatic carbocycles. The van der Waals surface area contributed by atoms with Gasteiger partial charge < -0.3 is 0 Å². The van der Waals surface area contributed by atoms with Gasteiger partial charge in [-0.2, -0.15) is 0 Å². The molecule has 0 amide bonds. The first kappa shape index (κ1) is 5.08. The normalized spacial score (nSPS) is 33.2. The largest absolute Gasteiger partial charge is 0.245 e. The molecule has 1 heterocycles. The first-order chi connectivity index (χ1) is 4.93. The van der Waals surface area contributed by atoms with Crippen LogP contribution in [0.5, 0.6) is 0 Å². The zero-order valence-corrected chi connectivity index (χ0v) is 6.27. The molecule has 2 aliphatic rings. The molecule has 0 saturated heterocycles. The number of hydrogen-bond acceptors (Lipinski definition) is 2. The van der Waals surface area contributed by atoms with Gasteiger partial charge in [0.2, 0.25) is 0 Å². The average Bonchev–Trinajstić information content (AvgIpc) is 2.52. The van der Waals surface area contributed by atoms with E-state index >= 15 is 0 Å². The maximum atomic E-state index is 4.27. The fourth-order valence-corrected chi connectivity index (χ4v) is 2.30. The molecular formula is C8H7NS. The van der Waals surface area contributed by atoms with Gasteiger partial charge in [-0.3, -0.25) is 0 Å². The number of fused-ring (bicyclic) bond motifs is 2. The van der Waals surface area contributed by atoms with Crippen LogP contribution in [0.15, 0.2) is 5.51 Å². The first-order valence-electron chi connectivity index (χ1n) is 3.57. The molecule has 0 spiro atoms. The molecule has 50 valence electrons. The number of nitrogens with zero attached hydrogens (tertiary/aromatic N) is 1. The standard InChI is InChI=1S/C8H7NS/c1-5-2-7-8(3-6(1)5)10-4-9-7/h2-6H,1H2. The Morgan fingerprint density at radius 2 is 2.30 bits per heavy atom. The molecule has 2 atom stereocenters. The third-order valence-electron chi connectivity index (χ3n) is 2.25. The molecule has 0 aliphatic heterocycles. The van der Waals surface area contributed by atoms with Crippen LogP contribution < -0.4 is 9.88 Å². The molecular weight excluding hydrogens is 142 g/mol. The average molecular weight is 149 g/mol. The summed E-state index contributed by atoms with van der Waals surface area (Å²) < 4.78 is 1.39. The highest BCUT2D eigenvalue weighted by molar-refractivity contribution is 7.07. The van der Waals surface area contributed by atoms with Crippen molar-refractivity contribution in [3.8, 4) is 0 Å². The molecule has 0 radical (unpaired) electrons. The summed E-state index contributed by atoms with van der Waals surface area (Å²) in [6.45, 7) is 0. The predicted octanol–water partition coefficient (Wildman–Crippen LogP) is 0.354. The highest BCUT2D eigenvalue weighted by atomic mass is 32.1. The van der Waals surface area contributed by atoms with E-state index in [2.05, 4.69) is 17.1 Å². The van der Waals surface area contributed by atoms with Gasteiger partial charge in [-0.05, 0) is 18.3 Å². The minimum Gasteiger partial charge on any atom is -0.245 e. The summed E-state index contributed by atoms with van der Waals surface area (Å²) in [5.41, 5.74) is 1.93. The molecule has 10 heavy (non-hydrogen) atoms. The molecule has 3 rings (SSSR count). The van der Waals surface area contributed by atoms with Crippen molar-refractivity contribution in [2.24, 2.45) is 11.8 Å². The van der Waals surface area contributed by atoms with Crippen LogP contribution in [0, 0.1) is 11.8 Å². The van der Waals surface area contributed by atoms with E-state index in [1.54, 1.807) is 11.3 Å². The Morgan fingerprint density at radius 1 is 1.40 bits per heavy atom. The Hall–Kier alpha value is -0.630. The van der Waals surface area contributed by atoms with Crippen LogP contribution in [0.3, 0.4) is 0 Å². The lowest BCUT2D eigenvalue weighted by molar-refractivity contribution is 1.05. The summed E-state index contributed by atoms with van der Waals surface area (Å²) in [5.74, 6) is 1.71. The van der Waals surface area contributed by atoms with Crippen molar-refractivity contribution in [3.05, 3.63) is 15.4 Å². The highest BCUT2D eigenvalue weighted by Crippen LogP contribution is 2.41. The highest BCUT2D eigenvalue weighted by Gasteiger charge is 2.34. The van der Waals surface area contributed by atoms with Crippen molar-refractivity contribution >= 4 is 23.5 Å². The first-order valence-corrected chi connectivity index (χ1v) is 4.45. The molecule has 0 N–H and O–H groups in total. The second kappa shape index (κ2) is 1.51. The number of hydrogen-bond donors (Lipinski definition) is 0. The minimum absolute atomic E-state index is 0.842. The third-order valence-corrected chi connectivity index (χ3v) is 3.06. The molecule has 2 unspecified atom stereocenters. The van der Waals surface area contributed by atoms with Crippen molar-refractivity contribution in [1.82, 2.24) is 4.98 Å². The molecule has 1 aromatic heterocycles. The van der Waals surface area contributed by atoms with E-state index in [1.807, 2.05) is 5.51 Å². The lowest BCUT2D eigenvalue weighted by atomic mass is 10.2. The minimum atomic E-state index is 0.842. The maximum absolute atomic E-state index is 4.27. The molecule has 0 bridgehead atoms. The molecule has 2 heteroatoms. The van der Waals surface area contributed by atoms with Crippen molar-refractivity contribution in [2.75, 3.05) is 0 Å². The van der Waals surface area contributed by atoms with Crippen LogP contribution in [0.4, 0.5) is 0 Å². The van der Waals surface area contributed by atoms with Gasteiger partial charge in [-0.15, -0.1) is 11.3 Å². The van der Waals surface area contributed by atoms with E-state index in [1.165, 1.54) is 16.3 Å². The van der Waals surface area contributed by atoms with Crippen LogP contribution in [-0.2, 0) is 0 Å². The fraction of sp³-hybridized carbons (Fsp3) is 0.375. The van der Waals surface area contributed by atoms with Crippen LogP contribution in [0.1, 0.15) is 6.42 Å². The van der Waals surface area contributed by atoms with E-state index in [4.69, 9.17) is 0 Å². The SMILES string of the molecule is C1=c2ncsc2=CC2CC12. The molecule has 1 fully saturated rings. The second-order valence-corrected chi connectivity index (χ2v) is 3.88. The van der Waals surface area contributed by atoms with Crippen LogP contribution in [-0.4, -0.2) is 4.98 Å². The number of thiazole rings is 1. The second-order valence-electron chi connectivity index (χ2n) is 3.00. The van der Waals surface area contributed by atoms with Gasteiger partial charge >= 0.3 is 0 Å². The van der Waals surface area contributed by atoms with Crippen LogP contribution in [0.25, 0.3) is 12.2 Å². The van der Waals surface area contributed by atoms with Crippen molar-refractivity contribution in [2.45, 2.75) is 6.42 Å². The lowest BCUT2D eigenvalue weighted by Crippen LogP contribution is -2.23. The Balaban J connectivity index is 2.46. The van der Waals surface area contributed by atoms with E-state index < -0.39 is 0 Å². The van der Waals surface area contributed by atoms with Gasteiger partial charge in [0.05, 0.1) is 15.4 Å². The summed E-state index contributed by atoms with van der Waals surface area (Å²) in [7, 11) is 0. The van der Waals surface area contributed by atoms with Crippen LogP contribution >= 0.6 is 11.3 Å². The zero-order valence-electron chi connectivity index (χ0n) is 5.45. The molecule has 2 aliphatic carbocycles. The molecule has 1 nitrogen and oxygen atoms in total. The predicted molar refractivity (Wildman–Crippen MR) is 41.9 cm³/mol. The summed E-state index contributed by atoms with van der Waals surface area (Å²) in [4.78, 5) is 4.27. The number of rotatable bonds is 0.